The summed E-state index contributed by atoms with van der Waals surface area (Å²) in [6.45, 7) is 11.7. The third kappa shape index (κ3) is 2.67. The highest BCUT2D eigenvalue weighted by molar-refractivity contribution is 5.17. The van der Waals surface area contributed by atoms with Gasteiger partial charge in [-0.15, -0.1) is 0 Å². The molecular formula is C14H24N2. The van der Waals surface area contributed by atoms with Gasteiger partial charge in [0.15, 0.2) is 0 Å². The Morgan fingerprint density at radius 1 is 1.06 bits per heavy atom. The van der Waals surface area contributed by atoms with E-state index in [2.05, 4.69) is 48.8 Å². The molecule has 2 nitrogen and oxygen atoms in total. The van der Waals surface area contributed by atoms with Crippen molar-refractivity contribution in [2.75, 3.05) is 26.2 Å². The summed E-state index contributed by atoms with van der Waals surface area (Å²) in [5.41, 5.74) is 1.86. The Balaban J connectivity index is 1.90. The third-order valence-electron chi connectivity index (χ3n) is 3.63. The zero-order valence-electron chi connectivity index (χ0n) is 10.9. The highest BCUT2D eigenvalue weighted by Gasteiger charge is 2.26. The summed E-state index contributed by atoms with van der Waals surface area (Å²) in [7, 11) is 0. The Bertz CT molecular complexity index is 288. The van der Waals surface area contributed by atoms with Crippen molar-refractivity contribution in [2.45, 2.75) is 39.2 Å². The van der Waals surface area contributed by atoms with E-state index in [4.69, 9.17) is 0 Å². The molecule has 1 heterocycles. The zero-order chi connectivity index (χ0) is 11.6. The molecule has 0 atom stereocenters. The number of allylic oxidation sites excluding steroid dienone is 4. The summed E-state index contributed by atoms with van der Waals surface area (Å²) in [4.78, 5) is 5.15. The van der Waals surface area contributed by atoms with Crippen molar-refractivity contribution in [1.29, 1.82) is 0 Å². The molecule has 0 aromatic rings. The van der Waals surface area contributed by atoms with E-state index < -0.39 is 0 Å². The molecule has 0 aromatic carbocycles. The lowest BCUT2D eigenvalue weighted by Gasteiger charge is -2.43. The molecule has 90 valence electrons. The predicted octanol–water partition coefficient (Wildman–Crippen LogP) is 2.64. The van der Waals surface area contributed by atoms with E-state index in [9.17, 15) is 0 Å². The van der Waals surface area contributed by atoms with Gasteiger partial charge < -0.3 is 4.90 Å². The number of hydrogen-bond acceptors (Lipinski definition) is 2. The first-order valence-electron chi connectivity index (χ1n) is 6.43. The quantitative estimate of drug-likeness (QED) is 0.670. The Morgan fingerprint density at radius 3 is 2.25 bits per heavy atom. The molecule has 0 unspecified atom stereocenters. The summed E-state index contributed by atoms with van der Waals surface area (Å²) in [5.74, 6) is 0. The highest BCUT2D eigenvalue weighted by atomic mass is 15.3. The van der Waals surface area contributed by atoms with E-state index in [1.807, 2.05) is 0 Å². The minimum atomic E-state index is 0.326. The average molecular weight is 220 g/mol. The Kier molecular flexibility index (Phi) is 3.38. The van der Waals surface area contributed by atoms with Crippen molar-refractivity contribution in [3.05, 3.63) is 23.9 Å². The zero-order valence-corrected chi connectivity index (χ0v) is 10.9. The molecule has 0 radical (unpaired) electrons. The SMILES string of the molecule is CC(C)(C)N1CCN(C2=CC=CCC2)CC1. The van der Waals surface area contributed by atoms with Crippen molar-refractivity contribution in [3.63, 3.8) is 0 Å². The fourth-order valence-corrected chi connectivity index (χ4v) is 2.52. The summed E-state index contributed by atoms with van der Waals surface area (Å²) >= 11 is 0. The van der Waals surface area contributed by atoms with Gasteiger partial charge in [0.05, 0.1) is 0 Å². The van der Waals surface area contributed by atoms with Crippen LogP contribution in [-0.2, 0) is 0 Å². The molecule has 0 saturated carbocycles. The number of hydrogen-bond donors (Lipinski definition) is 0. The first kappa shape index (κ1) is 11.7. The molecular weight excluding hydrogens is 196 g/mol. The van der Waals surface area contributed by atoms with Gasteiger partial charge in [-0.2, -0.15) is 0 Å². The van der Waals surface area contributed by atoms with Gasteiger partial charge in [-0.05, 0) is 39.7 Å². The molecule has 0 amide bonds. The lowest BCUT2D eigenvalue weighted by molar-refractivity contribution is 0.0749. The van der Waals surface area contributed by atoms with Crippen molar-refractivity contribution >= 4 is 0 Å². The Morgan fingerprint density at radius 2 is 1.75 bits per heavy atom. The minimum Gasteiger partial charge on any atom is -0.372 e. The predicted molar refractivity (Wildman–Crippen MR) is 69.4 cm³/mol. The molecule has 0 spiro atoms. The fourth-order valence-electron chi connectivity index (χ4n) is 2.52. The van der Waals surface area contributed by atoms with E-state index in [0.29, 0.717) is 5.54 Å². The molecule has 2 aliphatic rings. The fraction of sp³-hybridized carbons (Fsp3) is 0.714. The van der Waals surface area contributed by atoms with Crippen LogP contribution in [0.5, 0.6) is 0 Å². The van der Waals surface area contributed by atoms with Crippen molar-refractivity contribution in [1.82, 2.24) is 9.80 Å². The Hall–Kier alpha value is -0.760. The third-order valence-corrected chi connectivity index (χ3v) is 3.63. The summed E-state index contributed by atoms with van der Waals surface area (Å²) in [6, 6.07) is 0. The van der Waals surface area contributed by atoms with Crippen LogP contribution >= 0.6 is 0 Å². The maximum atomic E-state index is 2.59. The monoisotopic (exact) mass is 220 g/mol. The highest BCUT2D eigenvalue weighted by Crippen LogP contribution is 2.21. The van der Waals surface area contributed by atoms with Crippen molar-refractivity contribution < 1.29 is 0 Å². The van der Waals surface area contributed by atoms with Crippen LogP contribution in [0.2, 0.25) is 0 Å². The van der Waals surface area contributed by atoms with Gasteiger partial charge in [0.25, 0.3) is 0 Å². The summed E-state index contributed by atoms with van der Waals surface area (Å²) in [6.07, 6.45) is 9.19. The number of rotatable bonds is 1. The standard InChI is InChI=1S/C14H24N2/c1-14(2,3)16-11-9-15(10-12-16)13-7-5-4-6-8-13/h4-5,7H,6,8-12H2,1-3H3. The van der Waals surface area contributed by atoms with Gasteiger partial charge in [0.2, 0.25) is 0 Å². The number of nitrogens with zero attached hydrogens (tertiary/aromatic N) is 2. The molecule has 2 heteroatoms. The van der Waals surface area contributed by atoms with E-state index >= 15 is 0 Å². The first-order valence-corrected chi connectivity index (χ1v) is 6.43. The van der Waals surface area contributed by atoms with Crippen LogP contribution in [0.3, 0.4) is 0 Å². The molecule has 1 fully saturated rings. The smallest absolute Gasteiger partial charge is 0.0303 e. The minimum absolute atomic E-state index is 0.326. The second kappa shape index (κ2) is 4.62. The second-order valence-electron chi connectivity index (χ2n) is 5.77. The molecule has 1 aliphatic carbocycles. The topological polar surface area (TPSA) is 6.48 Å². The van der Waals surface area contributed by atoms with Gasteiger partial charge in [-0.25, -0.2) is 0 Å². The molecule has 16 heavy (non-hydrogen) atoms. The van der Waals surface area contributed by atoms with Crippen LogP contribution in [0.25, 0.3) is 0 Å². The van der Waals surface area contributed by atoms with Gasteiger partial charge in [0, 0.05) is 37.4 Å². The average Bonchev–Trinajstić information content (AvgIpc) is 2.29. The maximum Gasteiger partial charge on any atom is 0.0303 e. The summed E-state index contributed by atoms with van der Waals surface area (Å²) in [5, 5.41) is 0. The Labute approximate surface area is 99.6 Å². The molecule has 0 N–H and O–H groups in total. The van der Waals surface area contributed by atoms with E-state index in [1.54, 1.807) is 0 Å². The van der Waals surface area contributed by atoms with Gasteiger partial charge >= 0.3 is 0 Å². The first-order chi connectivity index (χ1) is 7.57. The molecule has 0 bridgehead atoms. The molecule has 0 aromatic heterocycles. The van der Waals surface area contributed by atoms with E-state index in [-0.39, 0.29) is 0 Å². The van der Waals surface area contributed by atoms with Crippen LogP contribution in [-0.4, -0.2) is 41.5 Å². The van der Waals surface area contributed by atoms with Crippen LogP contribution < -0.4 is 0 Å². The van der Waals surface area contributed by atoms with Crippen LogP contribution in [0.15, 0.2) is 23.9 Å². The summed E-state index contributed by atoms with van der Waals surface area (Å²) < 4.78 is 0. The number of piperazine rings is 1. The second-order valence-corrected chi connectivity index (χ2v) is 5.77. The molecule has 1 aliphatic heterocycles. The van der Waals surface area contributed by atoms with Gasteiger partial charge in [-0.1, -0.05) is 12.2 Å². The lowest BCUT2D eigenvalue weighted by Crippen LogP contribution is -2.53. The van der Waals surface area contributed by atoms with Crippen molar-refractivity contribution in [2.24, 2.45) is 0 Å². The molecule has 1 saturated heterocycles. The van der Waals surface area contributed by atoms with Crippen LogP contribution in [0, 0.1) is 0 Å². The van der Waals surface area contributed by atoms with Gasteiger partial charge in [-0.3, -0.25) is 4.90 Å². The van der Waals surface area contributed by atoms with Crippen LogP contribution in [0.1, 0.15) is 33.6 Å². The van der Waals surface area contributed by atoms with E-state index in [0.717, 1.165) is 0 Å². The lowest BCUT2D eigenvalue weighted by atomic mass is 10.0. The van der Waals surface area contributed by atoms with Crippen molar-refractivity contribution in [3.8, 4) is 0 Å². The van der Waals surface area contributed by atoms with Crippen LogP contribution in [0.4, 0.5) is 0 Å². The van der Waals surface area contributed by atoms with E-state index in [1.165, 1.54) is 44.7 Å². The molecule has 2 rings (SSSR count). The maximum absolute atomic E-state index is 2.59. The van der Waals surface area contributed by atoms with Gasteiger partial charge in [0.1, 0.15) is 0 Å². The normalized spacial score (nSPS) is 23.4. The largest absolute Gasteiger partial charge is 0.372 e.